The quantitative estimate of drug-likeness (QED) is 0.411. The van der Waals surface area contributed by atoms with Crippen molar-refractivity contribution in [3.63, 3.8) is 0 Å². The van der Waals surface area contributed by atoms with Crippen molar-refractivity contribution in [2.24, 2.45) is 0 Å². The van der Waals surface area contributed by atoms with E-state index < -0.39 is 37.1 Å². The first kappa shape index (κ1) is 21.0. The molecule has 0 saturated carbocycles. The van der Waals surface area contributed by atoms with Crippen LogP contribution in [0.4, 0.5) is 0 Å². The Labute approximate surface area is 169 Å². The molecule has 2 aromatic rings. The molecule has 0 radical (unpaired) electrons. The maximum Gasteiger partial charge on any atom is 0.303 e. The standard InChI is InChI=1S/C22H23O6P/c1-16(23)26-15-21-20(27-17(2)24)13-14-22(28-21)29(25,18-9-5-3-6-10-18)19-11-7-4-8-12-19/h3-14,20-22H,15H2,1-2H3/t20-,21-,22-/m1/s1. The van der Waals surface area contributed by atoms with Crippen LogP contribution in [0.1, 0.15) is 13.8 Å². The van der Waals surface area contributed by atoms with Crippen molar-refractivity contribution in [1.29, 1.82) is 0 Å². The van der Waals surface area contributed by atoms with E-state index in [2.05, 4.69) is 0 Å². The van der Waals surface area contributed by atoms with Gasteiger partial charge in [-0.25, -0.2) is 0 Å². The van der Waals surface area contributed by atoms with E-state index >= 15 is 0 Å². The van der Waals surface area contributed by atoms with Crippen molar-refractivity contribution in [3.05, 3.63) is 72.8 Å². The first-order valence-corrected chi connectivity index (χ1v) is 11.0. The Bertz CT molecular complexity index is 881. The van der Waals surface area contributed by atoms with Crippen LogP contribution in [0.15, 0.2) is 72.8 Å². The van der Waals surface area contributed by atoms with Gasteiger partial charge < -0.3 is 18.8 Å². The van der Waals surface area contributed by atoms with Gasteiger partial charge in [0.1, 0.15) is 24.7 Å². The fourth-order valence-electron chi connectivity index (χ4n) is 3.22. The van der Waals surface area contributed by atoms with Gasteiger partial charge in [0, 0.05) is 24.5 Å². The van der Waals surface area contributed by atoms with Crippen LogP contribution in [0.25, 0.3) is 0 Å². The van der Waals surface area contributed by atoms with Gasteiger partial charge >= 0.3 is 11.9 Å². The highest BCUT2D eigenvalue weighted by Gasteiger charge is 2.42. The first-order valence-electron chi connectivity index (χ1n) is 9.26. The van der Waals surface area contributed by atoms with Crippen molar-refractivity contribution in [1.82, 2.24) is 0 Å². The molecule has 0 N–H and O–H groups in total. The van der Waals surface area contributed by atoms with Crippen molar-refractivity contribution in [2.45, 2.75) is 31.9 Å². The van der Waals surface area contributed by atoms with Crippen LogP contribution in [-0.4, -0.2) is 36.6 Å². The SMILES string of the molecule is CC(=O)OC[C@H]1O[C@H](P(=O)(c2ccccc2)c2ccccc2)C=C[C@H]1OC(C)=O. The molecule has 0 saturated heterocycles. The van der Waals surface area contributed by atoms with Gasteiger partial charge in [-0.2, -0.15) is 0 Å². The van der Waals surface area contributed by atoms with Gasteiger partial charge in [0.25, 0.3) is 0 Å². The van der Waals surface area contributed by atoms with E-state index in [1.807, 2.05) is 60.7 Å². The third-order valence-electron chi connectivity index (χ3n) is 4.54. The summed E-state index contributed by atoms with van der Waals surface area (Å²) in [5, 5.41) is 1.30. The highest BCUT2D eigenvalue weighted by atomic mass is 31.2. The second-order valence-corrected chi connectivity index (χ2v) is 9.51. The van der Waals surface area contributed by atoms with Gasteiger partial charge in [-0.05, 0) is 12.2 Å². The predicted molar refractivity (Wildman–Crippen MR) is 110 cm³/mol. The molecule has 0 aliphatic carbocycles. The molecule has 0 aromatic heterocycles. The van der Waals surface area contributed by atoms with E-state index in [-0.39, 0.29) is 6.61 Å². The maximum absolute atomic E-state index is 14.4. The van der Waals surface area contributed by atoms with Gasteiger partial charge in [0.2, 0.25) is 0 Å². The smallest absolute Gasteiger partial charge is 0.303 e. The van der Waals surface area contributed by atoms with E-state index in [1.54, 1.807) is 12.2 Å². The molecule has 1 heterocycles. The Morgan fingerprint density at radius 1 is 0.897 bits per heavy atom. The van der Waals surface area contributed by atoms with Crippen molar-refractivity contribution >= 4 is 29.7 Å². The average molecular weight is 414 g/mol. The van der Waals surface area contributed by atoms with Crippen LogP contribution in [0.5, 0.6) is 0 Å². The summed E-state index contributed by atoms with van der Waals surface area (Å²) in [5.74, 6) is -1.75. The van der Waals surface area contributed by atoms with E-state index in [0.29, 0.717) is 10.6 Å². The van der Waals surface area contributed by atoms with Crippen LogP contribution >= 0.6 is 7.14 Å². The molecule has 0 amide bonds. The van der Waals surface area contributed by atoms with E-state index in [1.165, 1.54) is 13.8 Å². The molecule has 152 valence electrons. The summed E-state index contributed by atoms with van der Waals surface area (Å²) in [6.07, 6.45) is 1.82. The van der Waals surface area contributed by atoms with Gasteiger partial charge in [-0.3, -0.25) is 9.59 Å². The number of rotatable bonds is 6. The summed E-state index contributed by atoms with van der Waals surface area (Å²) < 4.78 is 30.9. The lowest BCUT2D eigenvalue weighted by atomic mass is 10.1. The van der Waals surface area contributed by atoms with E-state index in [0.717, 1.165) is 0 Å². The lowest BCUT2D eigenvalue weighted by molar-refractivity contribution is -0.160. The number of carbonyl (C=O) groups excluding carboxylic acids is 2. The van der Waals surface area contributed by atoms with E-state index in [9.17, 15) is 14.2 Å². The molecule has 0 fully saturated rings. The topological polar surface area (TPSA) is 78.9 Å². The molecule has 7 heteroatoms. The zero-order valence-corrected chi connectivity index (χ0v) is 17.2. The van der Waals surface area contributed by atoms with Crippen LogP contribution in [0.3, 0.4) is 0 Å². The molecular formula is C22H23O6P. The summed E-state index contributed by atoms with van der Waals surface area (Å²) in [6, 6.07) is 18.3. The molecule has 0 bridgehead atoms. The third-order valence-corrected chi connectivity index (χ3v) is 7.68. The molecule has 2 aromatic carbocycles. The first-order chi connectivity index (χ1) is 13.9. The minimum absolute atomic E-state index is 0.113. The highest BCUT2D eigenvalue weighted by Crippen LogP contribution is 2.51. The van der Waals surface area contributed by atoms with Gasteiger partial charge in [-0.1, -0.05) is 60.7 Å². The normalized spacial score (nSPS) is 21.4. The molecule has 3 rings (SSSR count). The van der Waals surface area contributed by atoms with Crippen LogP contribution in [-0.2, 0) is 28.4 Å². The number of hydrogen-bond acceptors (Lipinski definition) is 6. The van der Waals surface area contributed by atoms with Crippen LogP contribution < -0.4 is 10.6 Å². The largest absolute Gasteiger partial charge is 0.463 e. The highest BCUT2D eigenvalue weighted by molar-refractivity contribution is 7.79. The lowest BCUT2D eigenvalue weighted by Gasteiger charge is -2.35. The van der Waals surface area contributed by atoms with Crippen molar-refractivity contribution in [3.8, 4) is 0 Å². The molecular weight excluding hydrogens is 391 g/mol. The molecule has 1 aliphatic rings. The minimum Gasteiger partial charge on any atom is -0.463 e. The Morgan fingerprint density at radius 2 is 1.45 bits per heavy atom. The molecule has 3 atom stereocenters. The molecule has 0 unspecified atom stereocenters. The minimum atomic E-state index is -3.23. The fourth-order valence-corrected chi connectivity index (χ4v) is 6.01. The number of esters is 2. The summed E-state index contributed by atoms with van der Waals surface area (Å²) in [4.78, 5) is 22.7. The number of hydrogen-bond donors (Lipinski definition) is 0. The zero-order chi connectivity index (χ0) is 20.9. The summed E-state index contributed by atoms with van der Waals surface area (Å²) in [5.41, 5.74) is 0. The van der Waals surface area contributed by atoms with E-state index in [4.69, 9.17) is 14.2 Å². The Morgan fingerprint density at radius 3 is 1.93 bits per heavy atom. The average Bonchev–Trinajstić information content (AvgIpc) is 2.73. The molecule has 6 nitrogen and oxygen atoms in total. The number of ether oxygens (including phenoxy) is 3. The second-order valence-electron chi connectivity index (χ2n) is 6.66. The third kappa shape index (κ3) is 4.84. The van der Waals surface area contributed by atoms with Crippen LogP contribution in [0, 0.1) is 0 Å². The summed E-state index contributed by atoms with van der Waals surface area (Å²) >= 11 is 0. The van der Waals surface area contributed by atoms with Gasteiger partial charge in [0.15, 0.2) is 7.14 Å². The van der Waals surface area contributed by atoms with Crippen molar-refractivity contribution < 1.29 is 28.4 Å². The fraction of sp³-hybridized carbons (Fsp3) is 0.273. The second kappa shape index (κ2) is 9.21. The monoisotopic (exact) mass is 414 g/mol. The van der Waals surface area contributed by atoms with Gasteiger partial charge in [0.05, 0.1) is 0 Å². The Balaban J connectivity index is 2.01. The number of carbonyl (C=O) groups is 2. The zero-order valence-electron chi connectivity index (χ0n) is 16.3. The summed E-state index contributed by atoms with van der Waals surface area (Å²) in [6.45, 7) is 2.47. The molecule has 29 heavy (non-hydrogen) atoms. The Kier molecular flexibility index (Phi) is 6.68. The van der Waals surface area contributed by atoms with Crippen molar-refractivity contribution in [2.75, 3.05) is 6.61 Å². The number of benzene rings is 2. The lowest BCUT2D eigenvalue weighted by Crippen LogP contribution is -2.43. The Hall–Kier alpha value is -2.69. The molecule has 1 aliphatic heterocycles. The van der Waals surface area contributed by atoms with Crippen LogP contribution in [0.2, 0.25) is 0 Å². The molecule has 0 spiro atoms. The maximum atomic E-state index is 14.4. The predicted octanol–water partition coefficient (Wildman–Crippen LogP) is 2.78. The van der Waals surface area contributed by atoms with Gasteiger partial charge in [-0.15, -0.1) is 0 Å². The summed E-state index contributed by atoms with van der Waals surface area (Å²) in [7, 11) is -3.23.